The van der Waals surface area contributed by atoms with Crippen molar-refractivity contribution < 1.29 is 0 Å². The SMILES string of the molecule is CC1(CN2CCN(c3ncnc4ccsc34)CC2)CCNC1. The van der Waals surface area contributed by atoms with Gasteiger partial charge >= 0.3 is 0 Å². The van der Waals surface area contributed by atoms with E-state index in [-0.39, 0.29) is 0 Å². The van der Waals surface area contributed by atoms with Gasteiger partial charge in [0.15, 0.2) is 0 Å². The predicted octanol–water partition coefficient (Wildman–Crippen LogP) is 1.81. The lowest BCUT2D eigenvalue weighted by Gasteiger charge is -2.39. The maximum atomic E-state index is 4.54. The van der Waals surface area contributed by atoms with E-state index in [1.165, 1.54) is 24.2 Å². The summed E-state index contributed by atoms with van der Waals surface area (Å²) in [4.78, 5) is 13.9. The molecule has 6 heteroatoms. The number of aromatic nitrogens is 2. The fraction of sp³-hybridized carbons (Fsp3) is 0.625. The van der Waals surface area contributed by atoms with Gasteiger partial charge in [0, 0.05) is 39.3 Å². The van der Waals surface area contributed by atoms with E-state index in [0.717, 1.165) is 44.1 Å². The third-order valence-electron chi connectivity index (χ3n) is 4.96. The van der Waals surface area contributed by atoms with Crippen LogP contribution in [0.1, 0.15) is 13.3 Å². The molecule has 2 aliphatic heterocycles. The topological polar surface area (TPSA) is 44.3 Å². The molecule has 118 valence electrons. The zero-order chi connectivity index (χ0) is 15.0. The molecular formula is C16H23N5S. The molecule has 1 unspecified atom stereocenters. The van der Waals surface area contributed by atoms with E-state index < -0.39 is 0 Å². The van der Waals surface area contributed by atoms with Gasteiger partial charge < -0.3 is 10.2 Å². The van der Waals surface area contributed by atoms with Crippen LogP contribution in [0.3, 0.4) is 0 Å². The number of nitrogens with zero attached hydrogens (tertiary/aromatic N) is 4. The lowest BCUT2D eigenvalue weighted by molar-refractivity contribution is 0.169. The van der Waals surface area contributed by atoms with E-state index in [1.807, 2.05) is 0 Å². The minimum absolute atomic E-state index is 0.456. The van der Waals surface area contributed by atoms with E-state index in [4.69, 9.17) is 0 Å². The highest BCUT2D eigenvalue weighted by atomic mass is 32.1. The molecule has 0 spiro atoms. The minimum atomic E-state index is 0.456. The molecule has 4 heterocycles. The van der Waals surface area contributed by atoms with E-state index in [0.29, 0.717) is 5.41 Å². The van der Waals surface area contributed by atoms with Gasteiger partial charge in [0.05, 0.1) is 10.2 Å². The van der Waals surface area contributed by atoms with Crippen LogP contribution in [0.5, 0.6) is 0 Å². The highest BCUT2D eigenvalue weighted by Gasteiger charge is 2.32. The van der Waals surface area contributed by atoms with E-state index in [1.54, 1.807) is 17.7 Å². The monoisotopic (exact) mass is 317 g/mol. The van der Waals surface area contributed by atoms with Crippen LogP contribution in [0, 0.1) is 5.41 Å². The molecule has 0 aromatic carbocycles. The van der Waals surface area contributed by atoms with Crippen LogP contribution < -0.4 is 10.2 Å². The maximum absolute atomic E-state index is 4.54. The molecule has 2 fully saturated rings. The lowest BCUT2D eigenvalue weighted by atomic mass is 9.89. The average Bonchev–Trinajstić information content (AvgIpc) is 3.16. The number of anilines is 1. The first kappa shape index (κ1) is 14.4. The maximum Gasteiger partial charge on any atom is 0.150 e. The molecule has 2 aliphatic rings. The Labute approximate surface area is 135 Å². The number of nitrogens with one attached hydrogen (secondary N) is 1. The number of fused-ring (bicyclic) bond motifs is 1. The summed E-state index contributed by atoms with van der Waals surface area (Å²) in [7, 11) is 0. The summed E-state index contributed by atoms with van der Waals surface area (Å²) in [6, 6.07) is 2.08. The van der Waals surface area contributed by atoms with Crippen molar-refractivity contribution in [2.24, 2.45) is 5.41 Å². The van der Waals surface area contributed by atoms with Gasteiger partial charge in [-0.05, 0) is 29.8 Å². The van der Waals surface area contributed by atoms with Crippen molar-refractivity contribution in [3.63, 3.8) is 0 Å². The molecule has 1 atom stereocenters. The van der Waals surface area contributed by atoms with Gasteiger partial charge in [-0.25, -0.2) is 9.97 Å². The fourth-order valence-corrected chi connectivity index (χ4v) is 4.52. The van der Waals surface area contributed by atoms with Crippen LogP contribution in [-0.4, -0.2) is 60.7 Å². The third kappa shape index (κ3) is 2.71. The molecule has 2 aromatic heterocycles. The Morgan fingerprint density at radius 3 is 2.91 bits per heavy atom. The first-order chi connectivity index (χ1) is 10.7. The number of thiophene rings is 1. The number of hydrogen-bond acceptors (Lipinski definition) is 6. The highest BCUT2D eigenvalue weighted by Crippen LogP contribution is 2.30. The standard InChI is InChI=1S/C16H23N5S/c1-16(3-4-17-10-16)11-20-5-7-21(8-6-20)15-14-13(2-9-22-14)18-12-19-15/h2,9,12,17H,3-8,10-11H2,1H3. The first-order valence-corrected chi connectivity index (χ1v) is 8.98. The molecule has 4 rings (SSSR count). The second-order valence-electron chi connectivity index (χ2n) is 6.83. The van der Waals surface area contributed by atoms with Crippen molar-refractivity contribution >= 4 is 27.4 Å². The highest BCUT2D eigenvalue weighted by molar-refractivity contribution is 7.17. The van der Waals surface area contributed by atoms with Gasteiger partial charge in [-0.3, -0.25) is 4.90 Å². The number of rotatable bonds is 3. The average molecular weight is 317 g/mol. The normalized spacial score (nSPS) is 26.9. The number of piperazine rings is 1. The van der Waals surface area contributed by atoms with Gasteiger partial charge in [0.1, 0.15) is 12.1 Å². The molecule has 0 amide bonds. The van der Waals surface area contributed by atoms with E-state index in [2.05, 4.69) is 43.5 Å². The van der Waals surface area contributed by atoms with Crippen LogP contribution in [0.2, 0.25) is 0 Å². The molecule has 1 N–H and O–H groups in total. The lowest BCUT2D eigenvalue weighted by Crippen LogP contribution is -2.50. The largest absolute Gasteiger partial charge is 0.353 e. The van der Waals surface area contributed by atoms with Crippen molar-refractivity contribution in [2.75, 3.05) is 50.7 Å². The van der Waals surface area contributed by atoms with Crippen LogP contribution in [0.15, 0.2) is 17.8 Å². The first-order valence-electron chi connectivity index (χ1n) is 8.10. The van der Waals surface area contributed by atoms with Crippen molar-refractivity contribution in [3.05, 3.63) is 17.8 Å². The molecule has 0 radical (unpaired) electrons. The summed E-state index contributed by atoms with van der Waals surface area (Å²) in [5, 5.41) is 5.61. The molecule has 0 saturated carbocycles. The summed E-state index contributed by atoms with van der Waals surface area (Å²) >= 11 is 1.75. The Hall–Kier alpha value is -1.24. The summed E-state index contributed by atoms with van der Waals surface area (Å²) in [6.07, 6.45) is 3.00. The third-order valence-corrected chi connectivity index (χ3v) is 5.86. The van der Waals surface area contributed by atoms with Gasteiger partial charge in [-0.15, -0.1) is 11.3 Å². The molecule has 0 aliphatic carbocycles. The fourth-order valence-electron chi connectivity index (χ4n) is 3.66. The van der Waals surface area contributed by atoms with E-state index in [9.17, 15) is 0 Å². The predicted molar refractivity (Wildman–Crippen MR) is 91.7 cm³/mol. The van der Waals surface area contributed by atoms with Crippen molar-refractivity contribution in [3.8, 4) is 0 Å². The van der Waals surface area contributed by atoms with Crippen LogP contribution >= 0.6 is 11.3 Å². The molecule has 0 bridgehead atoms. The Morgan fingerprint density at radius 1 is 1.27 bits per heavy atom. The number of hydrogen-bond donors (Lipinski definition) is 1. The molecule has 22 heavy (non-hydrogen) atoms. The zero-order valence-corrected chi connectivity index (χ0v) is 13.9. The van der Waals surface area contributed by atoms with Gasteiger partial charge in [0.25, 0.3) is 0 Å². The summed E-state index contributed by atoms with van der Waals surface area (Å²) in [5.74, 6) is 1.12. The summed E-state index contributed by atoms with van der Waals surface area (Å²) in [5.41, 5.74) is 1.53. The van der Waals surface area contributed by atoms with Crippen molar-refractivity contribution in [1.29, 1.82) is 0 Å². The second-order valence-corrected chi connectivity index (χ2v) is 7.75. The summed E-state index contributed by atoms with van der Waals surface area (Å²) < 4.78 is 1.22. The minimum Gasteiger partial charge on any atom is -0.353 e. The van der Waals surface area contributed by atoms with Crippen LogP contribution in [-0.2, 0) is 0 Å². The summed E-state index contributed by atoms with van der Waals surface area (Å²) in [6.45, 7) is 10.4. The smallest absolute Gasteiger partial charge is 0.150 e. The van der Waals surface area contributed by atoms with Crippen LogP contribution in [0.25, 0.3) is 10.2 Å². The van der Waals surface area contributed by atoms with Crippen LogP contribution in [0.4, 0.5) is 5.82 Å². The van der Waals surface area contributed by atoms with Crippen molar-refractivity contribution in [2.45, 2.75) is 13.3 Å². The molecule has 2 aromatic rings. The molecular weight excluding hydrogens is 294 g/mol. The van der Waals surface area contributed by atoms with Gasteiger partial charge in [0.2, 0.25) is 0 Å². The van der Waals surface area contributed by atoms with Gasteiger partial charge in [-0.2, -0.15) is 0 Å². The second kappa shape index (κ2) is 5.76. The Morgan fingerprint density at radius 2 is 2.14 bits per heavy atom. The van der Waals surface area contributed by atoms with E-state index >= 15 is 0 Å². The molecule has 2 saturated heterocycles. The Kier molecular flexibility index (Phi) is 3.76. The van der Waals surface area contributed by atoms with Gasteiger partial charge in [-0.1, -0.05) is 6.92 Å². The van der Waals surface area contributed by atoms with Crippen molar-refractivity contribution in [1.82, 2.24) is 20.2 Å². The molecule has 5 nitrogen and oxygen atoms in total. The zero-order valence-electron chi connectivity index (χ0n) is 13.1. The quantitative estimate of drug-likeness (QED) is 0.935. The Balaban J connectivity index is 1.42. The Bertz CT molecular complexity index is 641.